The lowest BCUT2D eigenvalue weighted by molar-refractivity contribution is 0.102. The van der Waals surface area contributed by atoms with E-state index >= 15 is 0 Å². The first-order valence-corrected chi connectivity index (χ1v) is 9.70. The van der Waals surface area contributed by atoms with Crippen LogP contribution in [0.4, 0.5) is 5.69 Å². The van der Waals surface area contributed by atoms with Crippen molar-refractivity contribution in [3.63, 3.8) is 0 Å². The van der Waals surface area contributed by atoms with Gasteiger partial charge in [-0.2, -0.15) is 0 Å². The van der Waals surface area contributed by atoms with Gasteiger partial charge in [-0.05, 0) is 73.9 Å². The molecule has 1 amide bonds. The van der Waals surface area contributed by atoms with E-state index in [9.17, 15) is 4.79 Å². The summed E-state index contributed by atoms with van der Waals surface area (Å²) in [7, 11) is 1.60. The molecule has 0 heterocycles. The molecule has 29 heavy (non-hydrogen) atoms. The second-order valence-electron chi connectivity index (χ2n) is 6.95. The minimum atomic E-state index is -0.246. The molecule has 0 aromatic heterocycles. The topological polar surface area (TPSA) is 47.6 Å². The van der Waals surface area contributed by atoms with Crippen LogP contribution < -0.4 is 14.8 Å². The van der Waals surface area contributed by atoms with Crippen LogP contribution in [0.1, 0.15) is 32.6 Å². The largest absolute Gasteiger partial charge is 0.496 e. The van der Waals surface area contributed by atoms with Crippen LogP contribution in [0.3, 0.4) is 0 Å². The van der Waals surface area contributed by atoms with E-state index in [0.717, 1.165) is 22.4 Å². The van der Waals surface area contributed by atoms with Gasteiger partial charge in [0.05, 0.1) is 17.8 Å². The van der Waals surface area contributed by atoms with E-state index < -0.39 is 0 Å². The number of hydrogen-bond donors (Lipinski definition) is 1. The van der Waals surface area contributed by atoms with E-state index in [1.165, 1.54) is 5.56 Å². The van der Waals surface area contributed by atoms with E-state index in [4.69, 9.17) is 21.1 Å². The lowest BCUT2D eigenvalue weighted by Gasteiger charge is -2.15. The second kappa shape index (κ2) is 9.01. The highest BCUT2D eigenvalue weighted by atomic mass is 35.5. The number of benzene rings is 3. The molecule has 1 N–H and O–H groups in total. The van der Waals surface area contributed by atoms with E-state index in [1.54, 1.807) is 37.4 Å². The van der Waals surface area contributed by atoms with Crippen LogP contribution in [-0.2, 0) is 6.61 Å². The summed E-state index contributed by atoms with van der Waals surface area (Å²) in [5.41, 5.74) is 5.28. The van der Waals surface area contributed by atoms with Gasteiger partial charge < -0.3 is 14.8 Å². The number of anilines is 1. The third-order valence-electron chi connectivity index (χ3n) is 4.81. The second-order valence-corrected chi connectivity index (χ2v) is 7.36. The van der Waals surface area contributed by atoms with Gasteiger partial charge in [-0.25, -0.2) is 0 Å². The quantitative estimate of drug-likeness (QED) is 0.534. The lowest BCUT2D eigenvalue weighted by Crippen LogP contribution is -2.13. The monoisotopic (exact) mass is 409 g/mol. The van der Waals surface area contributed by atoms with Crippen LogP contribution in [0.5, 0.6) is 11.5 Å². The Morgan fingerprint density at radius 1 is 1.00 bits per heavy atom. The number of methoxy groups -OCH3 is 1. The van der Waals surface area contributed by atoms with Crippen LogP contribution in [0, 0.1) is 20.8 Å². The number of carbonyl (C=O) groups excluding carboxylic acids is 1. The molecule has 0 atom stereocenters. The fourth-order valence-electron chi connectivity index (χ4n) is 3.10. The van der Waals surface area contributed by atoms with Gasteiger partial charge in [0.2, 0.25) is 0 Å². The molecular weight excluding hydrogens is 386 g/mol. The molecule has 150 valence electrons. The summed E-state index contributed by atoms with van der Waals surface area (Å²) in [5, 5.41) is 3.33. The maximum absolute atomic E-state index is 12.7. The lowest BCUT2D eigenvalue weighted by atomic mass is 10.1. The summed E-state index contributed by atoms with van der Waals surface area (Å²) in [5.74, 6) is 1.25. The van der Waals surface area contributed by atoms with Crippen molar-refractivity contribution in [2.24, 2.45) is 0 Å². The Kier molecular flexibility index (Phi) is 6.45. The predicted octanol–water partition coefficient (Wildman–Crippen LogP) is 6.11. The number of carbonyl (C=O) groups is 1. The molecule has 5 heteroatoms. The Hall–Kier alpha value is -2.98. The van der Waals surface area contributed by atoms with E-state index in [-0.39, 0.29) is 5.91 Å². The molecule has 0 radical (unpaired) electrons. The molecule has 0 bridgehead atoms. The molecule has 0 spiro atoms. The fraction of sp³-hybridized carbons (Fsp3) is 0.208. The molecule has 0 unspecified atom stereocenters. The smallest absolute Gasteiger partial charge is 0.255 e. The first-order valence-electron chi connectivity index (χ1n) is 9.32. The number of ether oxygens (including phenoxy) is 2. The van der Waals surface area contributed by atoms with E-state index in [0.29, 0.717) is 28.6 Å². The fourth-order valence-corrected chi connectivity index (χ4v) is 3.28. The van der Waals surface area contributed by atoms with Gasteiger partial charge in [0.25, 0.3) is 5.91 Å². The molecule has 3 rings (SSSR count). The van der Waals surface area contributed by atoms with Crippen molar-refractivity contribution in [3.8, 4) is 11.5 Å². The number of para-hydroxylation sites is 1. The van der Waals surface area contributed by atoms with Gasteiger partial charge in [-0.1, -0.05) is 29.8 Å². The zero-order valence-electron chi connectivity index (χ0n) is 17.0. The summed E-state index contributed by atoms with van der Waals surface area (Å²) in [4.78, 5) is 12.7. The average Bonchev–Trinajstić information content (AvgIpc) is 2.71. The number of aryl methyl sites for hydroxylation is 2. The Balaban J connectivity index is 1.82. The Bertz CT molecular complexity index is 1050. The van der Waals surface area contributed by atoms with Crippen molar-refractivity contribution in [1.82, 2.24) is 0 Å². The number of hydrogen-bond acceptors (Lipinski definition) is 3. The maximum atomic E-state index is 12.7. The Morgan fingerprint density at radius 2 is 1.76 bits per heavy atom. The van der Waals surface area contributed by atoms with Crippen molar-refractivity contribution < 1.29 is 14.3 Å². The first kappa shape index (κ1) is 20.7. The molecule has 0 saturated carbocycles. The highest BCUT2D eigenvalue weighted by molar-refractivity contribution is 6.33. The molecule has 0 saturated heterocycles. The SMILES string of the molecule is COc1ccc(C(=O)Nc2ccccc2Cl)cc1COc1cc(C)cc(C)c1C. The van der Waals surface area contributed by atoms with Crippen molar-refractivity contribution >= 4 is 23.2 Å². The zero-order chi connectivity index (χ0) is 21.0. The van der Waals surface area contributed by atoms with Crippen molar-refractivity contribution in [3.05, 3.63) is 87.4 Å². The van der Waals surface area contributed by atoms with E-state index in [2.05, 4.69) is 18.3 Å². The first-order chi connectivity index (χ1) is 13.9. The van der Waals surface area contributed by atoms with Gasteiger partial charge in [-0.15, -0.1) is 0 Å². The predicted molar refractivity (Wildman–Crippen MR) is 117 cm³/mol. The van der Waals surface area contributed by atoms with Gasteiger partial charge in [0.15, 0.2) is 0 Å². The summed E-state index contributed by atoms with van der Waals surface area (Å²) < 4.78 is 11.5. The minimum Gasteiger partial charge on any atom is -0.496 e. The number of nitrogens with one attached hydrogen (secondary N) is 1. The van der Waals surface area contributed by atoms with Crippen LogP contribution in [-0.4, -0.2) is 13.0 Å². The maximum Gasteiger partial charge on any atom is 0.255 e. The molecule has 3 aromatic rings. The number of amides is 1. The summed E-state index contributed by atoms with van der Waals surface area (Å²) in [6.07, 6.45) is 0. The molecule has 0 aliphatic rings. The number of rotatable bonds is 6. The van der Waals surface area contributed by atoms with Gasteiger partial charge in [0, 0.05) is 11.1 Å². The van der Waals surface area contributed by atoms with Crippen molar-refractivity contribution in [1.29, 1.82) is 0 Å². The normalized spacial score (nSPS) is 10.5. The van der Waals surface area contributed by atoms with Crippen LogP contribution in [0.15, 0.2) is 54.6 Å². The molecule has 3 aromatic carbocycles. The minimum absolute atomic E-state index is 0.246. The van der Waals surface area contributed by atoms with Crippen molar-refractivity contribution in [2.75, 3.05) is 12.4 Å². The molecule has 0 aliphatic carbocycles. The Labute approximate surface area is 176 Å². The molecular formula is C24H24ClNO3. The summed E-state index contributed by atoms with van der Waals surface area (Å²) in [6, 6.07) is 16.5. The van der Waals surface area contributed by atoms with Gasteiger partial charge in [0.1, 0.15) is 18.1 Å². The van der Waals surface area contributed by atoms with E-state index in [1.807, 2.05) is 32.0 Å². The summed E-state index contributed by atoms with van der Waals surface area (Å²) in [6.45, 7) is 6.43. The third-order valence-corrected chi connectivity index (χ3v) is 5.14. The third kappa shape index (κ3) is 4.90. The van der Waals surface area contributed by atoms with Gasteiger partial charge in [-0.3, -0.25) is 4.79 Å². The van der Waals surface area contributed by atoms with Crippen LogP contribution in [0.25, 0.3) is 0 Å². The summed E-state index contributed by atoms with van der Waals surface area (Å²) >= 11 is 6.14. The molecule has 0 aliphatic heterocycles. The van der Waals surface area contributed by atoms with Crippen LogP contribution >= 0.6 is 11.6 Å². The highest BCUT2D eigenvalue weighted by Crippen LogP contribution is 2.27. The van der Waals surface area contributed by atoms with Crippen LogP contribution in [0.2, 0.25) is 5.02 Å². The van der Waals surface area contributed by atoms with Crippen molar-refractivity contribution in [2.45, 2.75) is 27.4 Å². The number of halogens is 1. The molecule has 0 fully saturated rings. The van der Waals surface area contributed by atoms with Gasteiger partial charge >= 0.3 is 0 Å². The Morgan fingerprint density at radius 3 is 2.48 bits per heavy atom. The zero-order valence-corrected chi connectivity index (χ0v) is 17.8. The standard InChI is InChI=1S/C24H24ClNO3/c1-15-11-16(2)17(3)23(12-15)29-14-19-13-18(9-10-22(19)28-4)24(27)26-21-8-6-5-7-20(21)25/h5-13H,14H2,1-4H3,(H,26,27). The highest BCUT2D eigenvalue weighted by Gasteiger charge is 2.13. The average molecular weight is 410 g/mol. The molecule has 4 nitrogen and oxygen atoms in total.